The lowest BCUT2D eigenvalue weighted by Gasteiger charge is -2.14. The van der Waals surface area contributed by atoms with E-state index in [-0.39, 0.29) is 0 Å². The van der Waals surface area contributed by atoms with Crippen molar-refractivity contribution in [1.82, 2.24) is 0 Å². The van der Waals surface area contributed by atoms with Gasteiger partial charge in [-0.15, -0.1) is 0 Å². The van der Waals surface area contributed by atoms with E-state index in [4.69, 9.17) is 0 Å². The van der Waals surface area contributed by atoms with Gasteiger partial charge in [0.1, 0.15) is 0 Å². The lowest BCUT2D eigenvalue weighted by Crippen LogP contribution is -1.91. The molecule has 0 unspecified atom stereocenters. The second-order valence-electron chi connectivity index (χ2n) is 6.86. The molecule has 120 valence electrons. The van der Waals surface area contributed by atoms with E-state index < -0.39 is 0 Å². The zero-order valence-electron chi connectivity index (χ0n) is 14.4. The normalized spacial score (nSPS) is 13.6. The van der Waals surface area contributed by atoms with Crippen LogP contribution >= 0.6 is 0 Å². The molecule has 0 aromatic heterocycles. The summed E-state index contributed by atoms with van der Waals surface area (Å²) in [5, 5.41) is 5.37. The molecule has 0 aliphatic heterocycles. The lowest BCUT2D eigenvalue weighted by atomic mass is 9.90. The summed E-state index contributed by atoms with van der Waals surface area (Å²) in [6.07, 6.45) is 2.19. The average molecular weight is 320 g/mol. The highest BCUT2D eigenvalue weighted by atomic mass is 14.3. The van der Waals surface area contributed by atoms with Crippen LogP contribution in [0.25, 0.3) is 27.1 Å². The van der Waals surface area contributed by atoms with E-state index in [1.165, 1.54) is 43.8 Å². The molecule has 1 aliphatic carbocycles. The molecule has 1 aliphatic rings. The van der Waals surface area contributed by atoms with Crippen LogP contribution in [0, 0.1) is 0 Å². The Bertz CT molecular complexity index is 1140. The van der Waals surface area contributed by atoms with Crippen molar-refractivity contribution in [2.45, 2.75) is 19.8 Å². The first kappa shape index (κ1) is 14.5. The van der Waals surface area contributed by atoms with E-state index in [1.54, 1.807) is 5.57 Å². The van der Waals surface area contributed by atoms with Crippen molar-refractivity contribution in [1.29, 1.82) is 0 Å². The molecule has 0 radical (unpaired) electrons. The highest BCUT2D eigenvalue weighted by molar-refractivity contribution is 6.14. The molecule has 0 saturated heterocycles. The SMILES string of the molecule is CCC1=C(c2cccc3ccc4ccccc4c23)c2ccccc2C1. The summed E-state index contributed by atoms with van der Waals surface area (Å²) >= 11 is 0. The van der Waals surface area contributed by atoms with Gasteiger partial charge in [-0.25, -0.2) is 0 Å². The molecule has 0 saturated carbocycles. The second kappa shape index (κ2) is 5.60. The van der Waals surface area contributed by atoms with Gasteiger partial charge < -0.3 is 0 Å². The summed E-state index contributed by atoms with van der Waals surface area (Å²) in [7, 11) is 0. The Kier molecular flexibility index (Phi) is 3.24. The molecule has 0 heteroatoms. The van der Waals surface area contributed by atoms with Gasteiger partial charge in [0, 0.05) is 0 Å². The third-order valence-corrected chi connectivity index (χ3v) is 5.51. The molecule has 0 N–H and O–H groups in total. The van der Waals surface area contributed by atoms with Gasteiger partial charge in [-0.2, -0.15) is 0 Å². The first-order chi connectivity index (χ1) is 12.4. The van der Waals surface area contributed by atoms with Crippen molar-refractivity contribution in [2.24, 2.45) is 0 Å². The molecule has 5 rings (SSSR count). The molecule has 0 spiro atoms. The Morgan fingerprint density at radius 2 is 1.40 bits per heavy atom. The van der Waals surface area contributed by atoms with E-state index in [1.807, 2.05) is 0 Å². The maximum absolute atomic E-state index is 2.31. The van der Waals surface area contributed by atoms with E-state index in [0.29, 0.717) is 0 Å². The molecule has 25 heavy (non-hydrogen) atoms. The van der Waals surface area contributed by atoms with Gasteiger partial charge in [-0.3, -0.25) is 0 Å². The topological polar surface area (TPSA) is 0 Å². The minimum atomic E-state index is 1.09. The van der Waals surface area contributed by atoms with Gasteiger partial charge >= 0.3 is 0 Å². The van der Waals surface area contributed by atoms with Crippen LogP contribution in [0.15, 0.2) is 84.4 Å². The van der Waals surface area contributed by atoms with Crippen molar-refractivity contribution in [3.8, 4) is 0 Å². The lowest BCUT2D eigenvalue weighted by molar-refractivity contribution is 1.03. The van der Waals surface area contributed by atoms with Crippen LogP contribution in [-0.4, -0.2) is 0 Å². The molecule has 0 fully saturated rings. The molecular weight excluding hydrogens is 300 g/mol. The monoisotopic (exact) mass is 320 g/mol. The molecule has 0 atom stereocenters. The van der Waals surface area contributed by atoms with Gasteiger partial charge in [0.15, 0.2) is 0 Å². The standard InChI is InChI=1S/C25H20/c1-2-17-16-20-9-4-6-12-22(20)24(17)23-13-7-10-19-15-14-18-8-3-5-11-21(18)25(19)23/h3-15H,2,16H2,1H3. The average Bonchev–Trinajstić information content (AvgIpc) is 3.06. The van der Waals surface area contributed by atoms with Gasteiger partial charge in [-0.05, 0) is 56.6 Å². The summed E-state index contributed by atoms with van der Waals surface area (Å²) in [6, 6.07) is 28.9. The highest BCUT2D eigenvalue weighted by Crippen LogP contribution is 2.42. The van der Waals surface area contributed by atoms with E-state index in [9.17, 15) is 0 Å². The van der Waals surface area contributed by atoms with Crippen LogP contribution in [0.4, 0.5) is 0 Å². The van der Waals surface area contributed by atoms with Gasteiger partial charge in [0.05, 0.1) is 0 Å². The minimum Gasteiger partial charge on any atom is -0.0619 e. The minimum absolute atomic E-state index is 1.09. The number of rotatable bonds is 2. The first-order valence-corrected chi connectivity index (χ1v) is 9.08. The first-order valence-electron chi connectivity index (χ1n) is 9.08. The fraction of sp³-hybridized carbons (Fsp3) is 0.120. The van der Waals surface area contributed by atoms with Crippen LogP contribution in [0.5, 0.6) is 0 Å². The predicted octanol–water partition coefficient (Wildman–Crippen LogP) is 6.76. The van der Waals surface area contributed by atoms with Crippen LogP contribution in [-0.2, 0) is 6.42 Å². The highest BCUT2D eigenvalue weighted by Gasteiger charge is 2.22. The Balaban J connectivity index is 1.91. The number of hydrogen-bond acceptors (Lipinski definition) is 0. The van der Waals surface area contributed by atoms with E-state index in [0.717, 1.165) is 12.8 Å². The Labute approximate surface area is 148 Å². The molecule has 4 aromatic carbocycles. The molecule has 0 nitrogen and oxygen atoms in total. The predicted molar refractivity (Wildman–Crippen MR) is 108 cm³/mol. The molecule has 0 heterocycles. The maximum Gasteiger partial charge on any atom is -0.00266 e. The Hall–Kier alpha value is -2.86. The van der Waals surface area contributed by atoms with Crippen molar-refractivity contribution in [2.75, 3.05) is 0 Å². The molecule has 0 bridgehead atoms. The number of allylic oxidation sites excluding steroid dienone is 1. The second-order valence-corrected chi connectivity index (χ2v) is 6.86. The van der Waals surface area contributed by atoms with Crippen molar-refractivity contribution in [3.05, 3.63) is 101 Å². The number of benzene rings is 4. The fourth-order valence-corrected chi connectivity index (χ4v) is 4.33. The summed E-state index contributed by atoms with van der Waals surface area (Å²) in [6.45, 7) is 2.28. The van der Waals surface area contributed by atoms with E-state index >= 15 is 0 Å². The third-order valence-electron chi connectivity index (χ3n) is 5.51. The molecule has 4 aromatic rings. The zero-order chi connectivity index (χ0) is 16.8. The van der Waals surface area contributed by atoms with Gasteiger partial charge in [-0.1, -0.05) is 91.4 Å². The number of fused-ring (bicyclic) bond motifs is 4. The maximum atomic E-state index is 2.31. The van der Waals surface area contributed by atoms with Crippen LogP contribution in [0.1, 0.15) is 30.0 Å². The fourth-order valence-electron chi connectivity index (χ4n) is 4.33. The Morgan fingerprint density at radius 3 is 2.32 bits per heavy atom. The molecular formula is C25H20. The summed E-state index contributed by atoms with van der Waals surface area (Å²) in [5.41, 5.74) is 7.28. The van der Waals surface area contributed by atoms with Crippen molar-refractivity contribution >= 4 is 27.1 Å². The summed E-state index contributed by atoms with van der Waals surface area (Å²) < 4.78 is 0. The van der Waals surface area contributed by atoms with Gasteiger partial charge in [0.2, 0.25) is 0 Å². The smallest absolute Gasteiger partial charge is 0.00266 e. The van der Waals surface area contributed by atoms with E-state index in [2.05, 4.69) is 85.8 Å². The third kappa shape index (κ3) is 2.14. The number of hydrogen-bond donors (Lipinski definition) is 0. The van der Waals surface area contributed by atoms with Crippen LogP contribution < -0.4 is 0 Å². The zero-order valence-corrected chi connectivity index (χ0v) is 14.4. The Morgan fingerprint density at radius 1 is 0.680 bits per heavy atom. The summed E-state index contributed by atoms with van der Waals surface area (Å²) in [4.78, 5) is 0. The van der Waals surface area contributed by atoms with Crippen LogP contribution in [0.2, 0.25) is 0 Å². The quantitative estimate of drug-likeness (QED) is 0.358. The van der Waals surface area contributed by atoms with Gasteiger partial charge in [0.25, 0.3) is 0 Å². The van der Waals surface area contributed by atoms with Crippen LogP contribution in [0.3, 0.4) is 0 Å². The van der Waals surface area contributed by atoms with Crippen molar-refractivity contribution in [3.63, 3.8) is 0 Å². The summed E-state index contributed by atoms with van der Waals surface area (Å²) in [5.74, 6) is 0. The van der Waals surface area contributed by atoms with Crippen molar-refractivity contribution < 1.29 is 0 Å². The molecule has 0 amide bonds. The largest absolute Gasteiger partial charge is 0.0619 e.